The Morgan fingerprint density at radius 3 is 2.50 bits per heavy atom. The lowest BCUT2D eigenvalue weighted by Gasteiger charge is -2.36. The van der Waals surface area contributed by atoms with Crippen LogP contribution in [0, 0.1) is 5.82 Å². The van der Waals surface area contributed by atoms with Gasteiger partial charge in [-0.25, -0.2) is 4.39 Å². The molecular weight excluding hydrogens is 331 g/mol. The molecule has 0 spiro atoms. The molecule has 1 N–H and O–H groups in total. The van der Waals surface area contributed by atoms with Gasteiger partial charge in [0.1, 0.15) is 5.82 Å². The van der Waals surface area contributed by atoms with E-state index in [9.17, 15) is 9.18 Å². The summed E-state index contributed by atoms with van der Waals surface area (Å²) in [6.45, 7) is 1.84. The fourth-order valence-electron chi connectivity index (χ4n) is 3.50. The Kier molecular flexibility index (Phi) is 5.69. The zero-order valence-corrected chi connectivity index (χ0v) is 15.3. The number of rotatable bonds is 5. The van der Waals surface area contributed by atoms with Crippen molar-refractivity contribution < 1.29 is 13.9 Å². The highest BCUT2D eigenvalue weighted by Gasteiger charge is 2.41. The van der Waals surface area contributed by atoms with E-state index in [0.29, 0.717) is 26.1 Å². The van der Waals surface area contributed by atoms with Gasteiger partial charge >= 0.3 is 0 Å². The van der Waals surface area contributed by atoms with Gasteiger partial charge in [0, 0.05) is 25.4 Å². The third-order valence-corrected chi connectivity index (χ3v) is 4.86. The van der Waals surface area contributed by atoms with Crippen LogP contribution in [0.2, 0.25) is 0 Å². The van der Waals surface area contributed by atoms with Gasteiger partial charge < -0.3 is 15.0 Å². The average Bonchev–Trinajstić information content (AvgIpc) is 2.62. The van der Waals surface area contributed by atoms with Crippen LogP contribution in [0.1, 0.15) is 24.0 Å². The summed E-state index contributed by atoms with van der Waals surface area (Å²) in [4.78, 5) is 15.3. The highest BCUT2D eigenvalue weighted by molar-refractivity contribution is 5.99. The minimum Gasteiger partial charge on any atom is -0.381 e. The number of ether oxygens (including phenoxy) is 1. The van der Waals surface area contributed by atoms with E-state index in [1.54, 1.807) is 12.1 Å². The van der Waals surface area contributed by atoms with Gasteiger partial charge in [-0.2, -0.15) is 0 Å². The summed E-state index contributed by atoms with van der Waals surface area (Å²) >= 11 is 0. The second-order valence-corrected chi connectivity index (χ2v) is 7.09. The monoisotopic (exact) mass is 356 g/mol. The van der Waals surface area contributed by atoms with Gasteiger partial charge in [0.15, 0.2) is 0 Å². The number of carbonyl (C=O) groups is 1. The first-order valence-electron chi connectivity index (χ1n) is 8.88. The number of nitrogens with zero attached hydrogens (tertiary/aromatic N) is 1. The lowest BCUT2D eigenvalue weighted by molar-refractivity contribution is -0.125. The summed E-state index contributed by atoms with van der Waals surface area (Å²) in [5.41, 5.74) is 2.06. The second kappa shape index (κ2) is 7.98. The predicted molar refractivity (Wildman–Crippen MR) is 101 cm³/mol. The van der Waals surface area contributed by atoms with E-state index in [1.165, 1.54) is 12.1 Å². The number of amides is 1. The summed E-state index contributed by atoms with van der Waals surface area (Å²) in [5.74, 6) is -0.359. The van der Waals surface area contributed by atoms with Gasteiger partial charge in [-0.1, -0.05) is 24.3 Å². The van der Waals surface area contributed by atoms with Crippen LogP contribution in [0.4, 0.5) is 10.1 Å². The van der Waals surface area contributed by atoms with Crippen molar-refractivity contribution in [1.82, 2.24) is 4.90 Å². The molecule has 0 bridgehead atoms. The van der Waals surface area contributed by atoms with Crippen molar-refractivity contribution in [2.24, 2.45) is 0 Å². The molecule has 138 valence electrons. The number of hydrogen-bond donors (Lipinski definition) is 1. The number of anilines is 1. The van der Waals surface area contributed by atoms with Crippen molar-refractivity contribution in [2.45, 2.75) is 24.8 Å². The van der Waals surface area contributed by atoms with Gasteiger partial charge in [0.05, 0.1) is 5.41 Å². The van der Waals surface area contributed by atoms with Crippen LogP contribution in [0.3, 0.4) is 0 Å². The molecule has 0 radical (unpaired) electrons. The minimum atomic E-state index is -0.691. The number of benzene rings is 2. The summed E-state index contributed by atoms with van der Waals surface area (Å²) < 4.78 is 18.8. The second-order valence-electron chi connectivity index (χ2n) is 7.09. The normalized spacial score (nSPS) is 16.5. The number of halogens is 1. The van der Waals surface area contributed by atoms with E-state index in [2.05, 4.69) is 10.2 Å². The standard InChI is InChI=1S/C21H25FN2O2/c1-24(2)15-16-4-3-5-19(14-16)23-20(25)21(10-12-26-13-11-21)17-6-8-18(22)9-7-17/h3-9,14H,10-13,15H2,1-2H3,(H,23,25). The van der Waals surface area contributed by atoms with Crippen molar-refractivity contribution in [1.29, 1.82) is 0 Å². The maximum atomic E-state index is 13.3. The topological polar surface area (TPSA) is 41.6 Å². The third-order valence-electron chi connectivity index (χ3n) is 4.86. The molecule has 0 aliphatic carbocycles. The van der Waals surface area contributed by atoms with Crippen LogP contribution in [-0.2, 0) is 21.5 Å². The number of hydrogen-bond acceptors (Lipinski definition) is 3. The summed E-state index contributed by atoms with van der Waals surface area (Å²) in [5, 5.41) is 3.07. The van der Waals surface area contributed by atoms with Gasteiger partial charge in [-0.05, 0) is 62.3 Å². The Bertz CT molecular complexity index is 753. The van der Waals surface area contributed by atoms with Crippen LogP contribution in [0.15, 0.2) is 48.5 Å². The summed E-state index contributed by atoms with van der Waals surface area (Å²) in [7, 11) is 4.02. The first kappa shape index (κ1) is 18.5. The smallest absolute Gasteiger partial charge is 0.235 e. The lowest BCUT2D eigenvalue weighted by Crippen LogP contribution is -2.44. The number of nitrogens with one attached hydrogen (secondary N) is 1. The summed E-state index contributed by atoms with van der Waals surface area (Å²) in [6.07, 6.45) is 1.17. The molecule has 5 heteroatoms. The average molecular weight is 356 g/mol. The van der Waals surface area contributed by atoms with E-state index >= 15 is 0 Å². The zero-order valence-electron chi connectivity index (χ0n) is 15.3. The quantitative estimate of drug-likeness (QED) is 0.890. The summed E-state index contributed by atoms with van der Waals surface area (Å²) in [6, 6.07) is 14.1. The molecule has 3 rings (SSSR count). The van der Waals surface area contributed by atoms with Crippen molar-refractivity contribution in [3.05, 3.63) is 65.5 Å². The highest BCUT2D eigenvalue weighted by Crippen LogP contribution is 2.36. The SMILES string of the molecule is CN(C)Cc1cccc(NC(=O)C2(c3ccc(F)cc3)CCOCC2)c1. The van der Waals surface area contributed by atoms with Crippen LogP contribution < -0.4 is 5.32 Å². The molecule has 0 atom stereocenters. The molecule has 1 heterocycles. The Balaban J connectivity index is 1.86. The van der Waals surface area contributed by atoms with Crippen molar-refractivity contribution in [3.8, 4) is 0 Å². The van der Waals surface area contributed by atoms with Crippen molar-refractivity contribution in [3.63, 3.8) is 0 Å². The molecule has 0 unspecified atom stereocenters. The molecular formula is C21H25FN2O2. The van der Waals surface area contributed by atoms with Gasteiger partial charge in [-0.3, -0.25) is 4.79 Å². The molecule has 4 nitrogen and oxygen atoms in total. The van der Waals surface area contributed by atoms with E-state index < -0.39 is 5.41 Å². The molecule has 1 fully saturated rings. The maximum absolute atomic E-state index is 13.3. The third kappa shape index (κ3) is 4.11. The van der Waals surface area contributed by atoms with Crippen LogP contribution in [0.25, 0.3) is 0 Å². The first-order valence-corrected chi connectivity index (χ1v) is 8.88. The zero-order chi connectivity index (χ0) is 18.6. The Morgan fingerprint density at radius 2 is 1.85 bits per heavy atom. The molecule has 1 aliphatic heterocycles. The van der Waals surface area contributed by atoms with Gasteiger partial charge in [0.25, 0.3) is 0 Å². The molecule has 1 saturated heterocycles. The van der Waals surface area contributed by atoms with Crippen molar-refractivity contribution >= 4 is 11.6 Å². The fourth-order valence-corrected chi connectivity index (χ4v) is 3.50. The minimum absolute atomic E-state index is 0.0607. The fraction of sp³-hybridized carbons (Fsp3) is 0.381. The van der Waals surface area contributed by atoms with E-state index in [0.717, 1.165) is 23.4 Å². The van der Waals surface area contributed by atoms with Gasteiger partial charge in [0.2, 0.25) is 5.91 Å². The van der Waals surface area contributed by atoms with Crippen LogP contribution >= 0.6 is 0 Å². The molecule has 1 amide bonds. The van der Waals surface area contributed by atoms with E-state index in [4.69, 9.17) is 4.74 Å². The first-order chi connectivity index (χ1) is 12.5. The van der Waals surface area contributed by atoms with E-state index in [1.807, 2.05) is 38.4 Å². The molecule has 2 aromatic rings. The highest BCUT2D eigenvalue weighted by atomic mass is 19.1. The van der Waals surface area contributed by atoms with Crippen LogP contribution in [-0.4, -0.2) is 38.1 Å². The maximum Gasteiger partial charge on any atom is 0.235 e. The van der Waals surface area contributed by atoms with E-state index in [-0.39, 0.29) is 11.7 Å². The van der Waals surface area contributed by atoms with Gasteiger partial charge in [-0.15, -0.1) is 0 Å². The predicted octanol–water partition coefficient (Wildman–Crippen LogP) is 3.57. The van der Waals surface area contributed by atoms with Crippen molar-refractivity contribution in [2.75, 3.05) is 32.6 Å². The molecule has 0 aromatic heterocycles. The molecule has 26 heavy (non-hydrogen) atoms. The Hall–Kier alpha value is -2.24. The Morgan fingerprint density at radius 1 is 1.15 bits per heavy atom. The molecule has 2 aromatic carbocycles. The Labute approximate surface area is 154 Å². The largest absolute Gasteiger partial charge is 0.381 e. The lowest BCUT2D eigenvalue weighted by atomic mass is 9.73. The molecule has 0 saturated carbocycles. The molecule has 1 aliphatic rings. The number of carbonyl (C=O) groups excluding carboxylic acids is 1. The van der Waals surface area contributed by atoms with Crippen LogP contribution in [0.5, 0.6) is 0 Å².